The number of aromatic carboxylic acids is 1. The summed E-state index contributed by atoms with van der Waals surface area (Å²) in [6.07, 6.45) is 0. The second-order valence-electron chi connectivity index (χ2n) is 7.28. The zero-order chi connectivity index (χ0) is 23.0. The number of imide groups is 1. The van der Waals surface area contributed by atoms with Crippen LogP contribution >= 0.6 is 11.6 Å². The number of carboxylic acid groups (broad SMARTS) is 1. The molecule has 32 heavy (non-hydrogen) atoms. The third kappa shape index (κ3) is 3.74. The third-order valence-electron chi connectivity index (χ3n) is 5.31. The molecule has 7 nitrogen and oxygen atoms in total. The Balaban J connectivity index is 1.63. The summed E-state index contributed by atoms with van der Waals surface area (Å²) in [5, 5.41) is 12.1. The highest BCUT2D eigenvalue weighted by molar-refractivity contribution is 6.31. The number of hydrogen-bond donors (Lipinski definition) is 2. The summed E-state index contributed by atoms with van der Waals surface area (Å²) in [7, 11) is 0. The molecule has 0 bridgehead atoms. The molecule has 1 aliphatic heterocycles. The second-order valence-corrected chi connectivity index (χ2v) is 7.71. The summed E-state index contributed by atoms with van der Waals surface area (Å²) in [5.74, 6) is -2.79. The van der Waals surface area contributed by atoms with Gasteiger partial charge in [0.25, 0.3) is 17.7 Å². The van der Waals surface area contributed by atoms with Gasteiger partial charge in [0.2, 0.25) is 0 Å². The van der Waals surface area contributed by atoms with Gasteiger partial charge in [-0.25, -0.2) is 4.79 Å². The van der Waals surface area contributed by atoms with Crippen molar-refractivity contribution in [3.05, 3.63) is 99.6 Å². The predicted molar refractivity (Wildman–Crippen MR) is 118 cm³/mol. The second kappa shape index (κ2) is 8.28. The Kier molecular flexibility index (Phi) is 5.50. The number of nitrogens with zero attached hydrogens (tertiary/aromatic N) is 1. The molecule has 0 unspecified atom stereocenters. The predicted octanol–water partition coefficient (Wildman–Crippen LogP) is 4.65. The first-order chi connectivity index (χ1) is 15.3. The van der Waals surface area contributed by atoms with Gasteiger partial charge in [-0.05, 0) is 48.9 Å². The molecular weight excluding hydrogens is 432 g/mol. The SMILES string of the molecule is C[C@@H](c1ccccc1)N1C(=O)c2ccc(C(=O)Nc3cc(Cl)ccc3C(=O)O)cc2C1=O. The molecule has 2 N–H and O–H groups in total. The molecule has 0 spiro atoms. The standard InChI is InChI=1S/C24H17ClN2O5/c1-13(14-5-3-2-4-6-14)27-22(29)17-9-7-15(11-19(17)23(27)30)21(28)26-20-12-16(25)8-10-18(20)24(31)32/h2-13H,1H3,(H,26,28)(H,31,32)/t13-/m0/s1. The van der Waals surface area contributed by atoms with Crippen molar-refractivity contribution in [3.8, 4) is 0 Å². The van der Waals surface area contributed by atoms with Crippen LogP contribution in [0.15, 0.2) is 66.7 Å². The van der Waals surface area contributed by atoms with E-state index >= 15 is 0 Å². The van der Waals surface area contributed by atoms with Gasteiger partial charge in [0.05, 0.1) is 28.4 Å². The molecule has 3 aromatic rings. The topological polar surface area (TPSA) is 104 Å². The number of rotatable bonds is 5. The van der Waals surface area contributed by atoms with Gasteiger partial charge in [-0.3, -0.25) is 19.3 Å². The van der Waals surface area contributed by atoms with E-state index in [1.165, 1.54) is 41.3 Å². The molecule has 3 aromatic carbocycles. The molecule has 1 atom stereocenters. The van der Waals surface area contributed by atoms with Crippen molar-refractivity contribution in [1.29, 1.82) is 0 Å². The summed E-state index contributed by atoms with van der Waals surface area (Å²) in [5.41, 5.74) is 1.14. The maximum Gasteiger partial charge on any atom is 0.337 e. The summed E-state index contributed by atoms with van der Waals surface area (Å²) < 4.78 is 0. The third-order valence-corrected chi connectivity index (χ3v) is 5.54. The van der Waals surface area contributed by atoms with Crippen LogP contribution in [-0.2, 0) is 0 Å². The molecule has 1 heterocycles. The fraction of sp³-hybridized carbons (Fsp3) is 0.0833. The zero-order valence-corrected chi connectivity index (χ0v) is 17.6. The van der Waals surface area contributed by atoms with Crippen molar-refractivity contribution >= 4 is 41.0 Å². The van der Waals surface area contributed by atoms with E-state index in [-0.39, 0.29) is 33.0 Å². The lowest BCUT2D eigenvalue weighted by Crippen LogP contribution is -2.32. The molecule has 8 heteroatoms. The Hall–Kier alpha value is -3.97. The summed E-state index contributed by atoms with van der Waals surface area (Å²) in [4.78, 5) is 51.3. The minimum absolute atomic E-state index is 0.0252. The molecule has 1 aliphatic rings. The molecule has 160 valence electrons. The van der Waals surface area contributed by atoms with Gasteiger partial charge < -0.3 is 10.4 Å². The van der Waals surface area contributed by atoms with Gasteiger partial charge in [-0.1, -0.05) is 41.9 Å². The number of nitrogens with one attached hydrogen (secondary N) is 1. The number of hydrogen-bond acceptors (Lipinski definition) is 4. The van der Waals surface area contributed by atoms with E-state index < -0.39 is 29.7 Å². The Labute approximate surface area is 188 Å². The fourth-order valence-electron chi connectivity index (χ4n) is 3.63. The van der Waals surface area contributed by atoms with E-state index in [1.54, 1.807) is 6.92 Å². The molecular formula is C24H17ClN2O5. The van der Waals surface area contributed by atoms with E-state index in [0.29, 0.717) is 0 Å². The van der Waals surface area contributed by atoms with Crippen molar-refractivity contribution in [3.63, 3.8) is 0 Å². The van der Waals surface area contributed by atoms with Gasteiger partial charge in [-0.15, -0.1) is 0 Å². The first-order valence-corrected chi connectivity index (χ1v) is 10.1. The van der Waals surface area contributed by atoms with Crippen LogP contribution in [0.1, 0.15) is 60.0 Å². The van der Waals surface area contributed by atoms with Crippen LogP contribution in [0, 0.1) is 0 Å². The number of fused-ring (bicyclic) bond motifs is 1. The van der Waals surface area contributed by atoms with E-state index in [4.69, 9.17) is 11.6 Å². The average Bonchev–Trinajstić information content (AvgIpc) is 3.03. The lowest BCUT2D eigenvalue weighted by Gasteiger charge is -2.22. The smallest absolute Gasteiger partial charge is 0.337 e. The number of halogens is 1. The number of carbonyl (C=O) groups is 4. The highest BCUT2D eigenvalue weighted by Crippen LogP contribution is 2.32. The van der Waals surface area contributed by atoms with Crippen LogP contribution in [-0.4, -0.2) is 33.7 Å². The minimum atomic E-state index is -1.22. The van der Waals surface area contributed by atoms with Crippen LogP contribution in [0.25, 0.3) is 0 Å². The number of anilines is 1. The molecule has 3 amide bonds. The Morgan fingerprint density at radius 2 is 1.62 bits per heavy atom. The Bertz CT molecular complexity index is 1270. The van der Waals surface area contributed by atoms with Crippen LogP contribution < -0.4 is 5.32 Å². The molecule has 0 fully saturated rings. The highest BCUT2D eigenvalue weighted by Gasteiger charge is 2.39. The Morgan fingerprint density at radius 3 is 2.31 bits per heavy atom. The maximum atomic E-state index is 13.0. The van der Waals surface area contributed by atoms with E-state index in [9.17, 15) is 24.3 Å². The lowest BCUT2D eigenvalue weighted by molar-refractivity contribution is 0.0593. The van der Waals surface area contributed by atoms with Crippen LogP contribution in [0.5, 0.6) is 0 Å². The van der Waals surface area contributed by atoms with Crippen molar-refractivity contribution in [1.82, 2.24) is 4.90 Å². The molecule has 0 aliphatic carbocycles. The molecule has 4 rings (SSSR count). The van der Waals surface area contributed by atoms with Crippen molar-refractivity contribution in [2.75, 3.05) is 5.32 Å². The maximum absolute atomic E-state index is 13.0. The Morgan fingerprint density at radius 1 is 0.938 bits per heavy atom. The minimum Gasteiger partial charge on any atom is -0.478 e. The van der Waals surface area contributed by atoms with Crippen molar-refractivity contribution in [2.45, 2.75) is 13.0 Å². The number of carbonyl (C=O) groups excluding carboxylic acids is 3. The van der Waals surface area contributed by atoms with Gasteiger partial charge in [-0.2, -0.15) is 0 Å². The van der Waals surface area contributed by atoms with Crippen molar-refractivity contribution in [2.24, 2.45) is 0 Å². The summed E-state index contributed by atoms with van der Waals surface area (Å²) >= 11 is 5.93. The quantitative estimate of drug-likeness (QED) is 0.553. The van der Waals surface area contributed by atoms with E-state index in [0.717, 1.165) is 5.56 Å². The van der Waals surface area contributed by atoms with Crippen LogP contribution in [0.2, 0.25) is 5.02 Å². The first kappa shape index (κ1) is 21.3. The fourth-order valence-corrected chi connectivity index (χ4v) is 3.81. The summed E-state index contributed by atoms with van der Waals surface area (Å²) in [6, 6.07) is 16.9. The normalized spacial score (nSPS) is 13.6. The number of benzene rings is 3. The van der Waals surface area contributed by atoms with E-state index in [1.807, 2.05) is 30.3 Å². The number of amides is 3. The van der Waals surface area contributed by atoms with Gasteiger partial charge in [0.1, 0.15) is 0 Å². The largest absolute Gasteiger partial charge is 0.478 e. The first-order valence-electron chi connectivity index (χ1n) is 9.69. The molecule has 0 radical (unpaired) electrons. The van der Waals surface area contributed by atoms with Crippen molar-refractivity contribution < 1.29 is 24.3 Å². The van der Waals surface area contributed by atoms with Gasteiger partial charge in [0, 0.05) is 10.6 Å². The highest BCUT2D eigenvalue weighted by atomic mass is 35.5. The van der Waals surface area contributed by atoms with Gasteiger partial charge in [0.15, 0.2) is 0 Å². The van der Waals surface area contributed by atoms with Crippen LogP contribution in [0.3, 0.4) is 0 Å². The van der Waals surface area contributed by atoms with E-state index in [2.05, 4.69) is 5.32 Å². The lowest BCUT2D eigenvalue weighted by atomic mass is 10.0. The molecule has 0 aromatic heterocycles. The molecule has 0 saturated heterocycles. The van der Waals surface area contributed by atoms with Gasteiger partial charge >= 0.3 is 5.97 Å². The molecule has 0 saturated carbocycles. The monoisotopic (exact) mass is 448 g/mol. The number of carboxylic acids is 1. The summed E-state index contributed by atoms with van der Waals surface area (Å²) in [6.45, 7) is 1.76. The zero-order valence-electron chi connectivity index (χ0n) is 16.8. The average molecular weight is 449 g/mol. The van der Waals surface area contributed by atoms with Crippen LogP contribution in [0.4, 0.5) is 5.69 Å².